The van der Waals surface area contributed by atoms with Gasteiger partial charge in [-0.05, 0) is 23.8 Å². The van der Waals surface area contributed by atoms with Crippen molar-refractivity contribution in [3.8, 4) is 0 Å². The molecule has 1 aliphatic rings. The van der Waals surface area contributed by atoms with Crippen molar-refractivity contribution < 1.29 is 9.72 Å². The average Bonchev–Trinajstić information content (AvgIpc) is 2.77. The van der Waals surface area contributed by atoms with Crippen molar-refractivity contribution in [3.63, 3.8) is 0 Å². The van der Waals surface area contributed by atoms with Crippen LogP contribution < -0.4 is 5.43 Å². The number of nitrogens with one attached hydrogen (secondary N) is 1. The third-order valence-corrected chi connectivity index (χ3v) is 3.16. The molecule has 0 atom stereocenters. The van der Waals surface area contributed by atoms with E-state index >= 15 is 0 Å². The largest absolute Gasteiger partial charge is 0.295 e. The summed E-state index contributed by atoms with van der Waals surface area (Å²) in [5, 5.41) is 12.1. The first-order valence-corrected chi connectivity index (χ1v) is 6.06. The highest BCUT2D eigenvalue weighted by molar-refractivity contribution is 5.98. The first kappa shape index (κ1) is 12.2. The summed E-state index contributed by atoms with van der Waals surface area (Å²) < 4.78 is 0. The molecule has 6 heteroatoms. The average molecular weight is 269 g/mol. The number of hydrazine groups is 1. The van der Waals surface area contributed by atoms with Crippen LogP contribution in [0, 0.1) is 10.1 Å². The van der Waals surface area contributed by atoms with Gasteiger partial charge in [0.05, 0.1) is 17.2 Å². The number of benzene rings is 2. The van der Waals surface area contributed by atoms with Gasteiger partial charge in [-0.25, -0.2) is 5.01 Å². The Bertz CT molecular complexity index is 682. The number of anilines is 1. The van der Waals surface area contributed by atoms with Crippen LogP contribution in [0.3, 0.4) is 0 Å². The number of hydrogen-bond donors (Lipinski definition) is 1. The van der Waals surface area contributed by atoms with Gasteiger partial charge in [-0.2, -0.15) is 0 Å². The van der Waals surface area contributed by atoms with E-state index in [0.717, 1.165) is 5.56 Å². The smallest absolute Gasteiger partial charge is 0.272 e. The van der Waals surface area contributed by atoms with Crippen LogP contribution in [0.1, 0.15) is 15.9 Å². The summed E-state index contributed by atoms with van der Waals surface area (Å²) in [5.41, 5.74) is 5.27. The minimum atomic E-state index is -0.458. The van der Waals surface area contributed by atoms with E-state index in [4.69, 9.17) is 0 Å². The molecule has 2 aromatic rings. The van der Waals surface area contributed by atoms with E-state index in [2.05, 4.69) is 5.43 Å². The minimum absolute atomic E-state index is 0.0200. The maximum Gasteiger partial charge on any atom is 0.272 e. The topological polar surface area (TPSA) is 75.5 Å². The number of non-ortho nitro benzene ring substituents is 1. The predicted octanol–water partition coefficient (Wildman–Crippen LogP) is 2.58. The third-order valence-electron chi connectivity index (χ3n) is 3.16. The summed E-state index contributed by atoms with van der Waals surface area (Å²) in [6.07, 6.45) is 0. The number of rotatable bonds is 3. The van der Waals surface area contributed by atoms with E-state index in [-0.39, 0.29) is 11.6 Å². The monoisotopic (exact) mass is 269 g/mol. The van der Waals surface area contributed by atoms with E-state index < -0.39 is 4.92 Å². The number of nitrogens with zero attached hydrogens (tertiary/aromatic N) is 2. The summed E-state index contributed by atoms with van der Waals surface area (Å²) >= 11 is 0. The van der Waals surface area contributed by atoms with E-state index in [9.17, 15) is 14.9 Å². The molecule has 0 bridgehead atoms. The summed E-state index contributed by atoms with van der Waals surface area (Å²) in [6, 6.07) is 13.4. The normalized spacial score (nSPS) is 13.2. The molecule has 0 saturated heterocycles. The zero-order valence-corrected chi connectivity index (χ0v) is 10.4. The Balaban J connectivity index is 1.77. The molecule has 0 fully saturated rings. The molecule has 20 heavy (non-hydrogen) atoms. The standard InChI is InChI=1S/C14H11N3O3/c18-14-13-4-2-1-3-10(13)9-16(14)15-11-5-7-12(8-6-11)17(19)20/h1-8,15H,9H2. The maximum absolute atomic E-state index is 12.1. The van der Waals surface area contributed by atoms with Gasteiger partial charge in [0.15, 0.2) is 0 Å². The first-order chi connectivity index (χ1) is 9.65. The van der Waals surface area contributed by atoms with Crippen molar-refractivity contribution >= 4 is 17.3 Å². The highest BCUT2D eigenvalue weighted by Crippen LogP contribution is 2.24. The molecule has 0 spiro atoms. The van der Waals surface area contributed by atoms with Crippen LogP contribution in [0.4, 0.5) is 11.4 Å². The van der Waals surface area contributed by atoms with Crippen molar-refractivity contribution in [1.82, 2.24) is 5.01 Å². The van der Waals surface area contributed by atoms with Gasteiger partial charge in [0.1, 0.15) is 0 Å². The van der Waals surface area contributed by atoms with E-state index in [1.165, 1.54) is 17.1 Å². The summed E-state index contributed by atoms with van der Waals surface area (Å²) in [5.74, 6) is -0.0982. The molecule has 3 rings (SSSR count). The highest BCUT2D eigenvalue weighted by Gasteiger charge is 2.26. The molecule has 1 amide bonds. The van der Waals surface area contributed by atoms with Gasteiger partial charge in [0, 0.05) is 17.7 Å². The number of carbonyl (C=O) groups excluding carboxylic acids is 1. The van der Waals surface area contributed by atoms with Gasteiger partial charge < -0.3 is 0 Å². The predicted molar refractivity (Wildman–Crippen MR) is 73.0 cm³/mol. The zero-order chi connectivity index (χ0) is 14.1. The number of amides is 1. The Hall–Kier alpha value is -2.89. The fraction of sp³-hybridized carbons (Fsp3) is 0.0714. The maximum atomic E-state index is 12.1. The lowest BCUT2D eigenvalue weighted by Gasteiger charge is -2.18. The second-order valence-corrected chi connectivity index (χ2v) is 4.46. The van der Waals surface area contributed by atoms with Gasteiger partial charge in [-0.3, -0.25) is 20.3 Å². The van der Waals surface area contributed by atoms with Crippen molar-refractivity contribution in [2.75, 3.05) is 5.43 Å². The molecule has 1 heterocycles. The molecule has 1 N–H and O–H groups in total. The third kappa shape index (κ3) is 2.07. The first-order valence-electron chi connectivity index (χ1n) is 6.06. The summed E-state index contributed by atoms with van der Waals surface area (Å²) in [6.45, 7) is 0.478. The fourth-order valence-electron chi connectivity index (χ4n) is 2.16. The Morgan fingerprint density at radius 2 is 1.80 bits per heavy atom. The number of carbonyl (C=O) groups is 1. The van der Waals surface area contributed by atoms with Crippen molar-refractivity contribution in [1.29, 1.82) is 0 Å². The van der Waals surface area contributed by atoms with E-state index in [0.29, 0.717) is 17.8 Å². The highest BCUT2D eigenvalue weighted by atomic mass is 16.6. The molecule has 6 nitrogen and oxygen atoms in total. The van der Waals surface area contributed by atoms with E-state index in [1.807, 2.05) is 18.2 Å². The minimum Gasteiger partial charge on any atom is -0.295 e. The fourth-order valence-corrected chi connectivity index (χ4v) is 2.16. The van der Waals surface area contributed by atoms with Crippen molar-refractivity contribution in [3.05, 3.63) is 69.8 Å². The summed E-state index contributed by atoms with van der Waals surface area (Å²) in [4.78, 5) is 22.3. The molecule has 0 unspecified atom stereocenters. The second-order valence-electron chi connectivity index (χ2n) is 4.46. The van der Waals surface area contributed by atoms with Crippen LogP contribution in [-0.4, -0.2) is 15.8 Å². The zero-order valence-electron chi connectivity index (χ0n) is 10.4. The molecule has 2 aromatic carbocycles. The van der Waals surface area contributed by atoms with E-state index in [1.54, 1.807) is 18.2 Å². The molecule has 0 radical (unpaired) electrons. The van der Waals surface area contributed by atoms with Gasteiger partial charge >= 0.3 is 0 Å². The van der Waals surface area contributed by atoms with Crippen LogP contribution in [0.5, 0.6) is 0 Å². The Morgan fingerprint density at radius 1 is 1.10 bits per heavy atom. The van der Waals surface area contributed by atoms with Gasteiger partial charge in [-0.15, -0.1) is 0 Å². The van der Waals surface area contributed by atoms with Crippen LogP contribution in [-0.2, 0) is 6.54 Å². The molecule has 0 aromatic heterocycles. The van der Waals surface area contributed by atoms with Crippen molar-refractivity contribution in [2.24, 2.45) is 0 Å². The molecular formula is C14H11N3O3. The molecule has 100 valence electrons. The number of fused-ring (bicyclic) bond motifs is 1. The SMILES string of the molecule is O=C1c2ccccc2CN1Nc1ccc([N+](=O)[O-])cc1. The number of nitro groups is 1. The molecule has 1 aliphatic heterocycles. The Kier molecular flexibility index (Phi) is 2.83. The Labute approximate surface area is 114 Å². The van der Waals surface area contributed by atoms with Crippen LogP contribution in [0.25, 0.3) is 0 Å². The lowest BCUT2D eigenvalue weighted by atomic mass is 10.1. The molecular weight excluding hydrogens is 258 g/mol. The van der Waals surface area contributed by atoms with Gasteiger partial charge in [0.2, 0.25) is 0 Å². The van der Waals surface area contributed by atoms with Gasteiger partial charge in [-0.1, -0.05) is 18.2 Å². The van der Waals surface area contributed by atoms with Crippen LogP contribution >= 0.6 is 0 Å². The number of nitro benzene ring substituents is 1. The second kappa shape index (κ2) is 4.65. The quantitative estimate of drug-likeness (QED) is 0.686. The molecule has 0 aliphatic carbocycles. The van der Waals surface area contributed by atoms with Crippen molar-refractivity contribution in [2.45, 2.75) is 6.54 Å². The van der Waals surface area contributed by atoms with Crippen LogP contribution in [0.2, 0.25) is 0 Å². The number of hydrogen-bond acceptors (Lipinski definition) is 4. The Morgan fingerprint density at radius 3 is 2.45 bits per heavy atom. The lowest BCUT2D eigenvalue weighted by Crippen LogP contribution is -2.30. The summed E-state index contributed by atoms with van der Waals surface area (Å²) in [7, 11) is 0. The van der Waals surface area contributed by atoms with Crippen LogP contribution in [0.15, 0.2) is 48.5 Å². The lowest BCUT2D eigenvalue weighted by molar-refractivity contribution is -0.384. The molecule has 0 saturated carbocycles. The van der Waals surface area contributed by atoms with Gasteiger partial charge in [0.25, 0.3) is 11.6 Å².